The van der Waals surface area contributed by atoms with Gasteiger partial charge in [0.2, 0.25) is 0 Å². The standard InChI is InChI=1S/C45H35NSi/c1-31-18-24-44-42(26-31)43-27-32(2)19-25-45(43)46(44)35-22-20-33-28-34-21-23-39(30-41(34)40(33)29-35)47(36-12-6-3-7-13-36,37-14-8-4-9-15-37)38-16-10-5-11-17-38/h3-27,29-30H,28H2,1-2H3. The monoisotopic (exact) mass is 617 g/mol. The highest BCUT2D eigenvalue weighted by atomic mass is 28.3. The highest BCUT2D eigenvalue weighted by Gasteiger charge is 2.42. The fraction of sp³-hybridized carbons (Fsp3) is 0.0667. The molecule has 0 spiro atoms. The summed E-state index contributed by atoms with van der Waals surface area (Å²) in [7, 11) is -2.62. The number of fused-ring (bicyclic) bond motifs is 6. The van der Waals surface area contributed by atoms with E-state index in [0.717, 1.165) is 6.42 Å². The minimum Gasteiger partial charge on any atom is -0.309 e. The molecule has 0 radical (unpaired) electrons. The first-order chi connectivity index (χ1) is 23.1. The van der Waals surface area contributed by atoms with E-state index in [1.807, 2.05) is 0 Å². The number of hydrogen-bond donors (Lipinski definition) is 0. The summed E-state index contributed by atoms with van der Waals surface area (Å²) in [5, 5.41) is 8.26. The molecule has 1 heterocycles. The molecule has 1 aliphatic carbocycles. The number of aromatic nitrogens is 1. The molecule has 9 rings (SSSR count). The summed E-state index contributed by atoms with van der Waals surface area (Å²) in [6.45, 7) is 4.37. The summed E-state index contributed by atoms with van der Waals surface area (Å²) in [6.07, 6.45) is 0.966. The van der Waals surface area contributed by atoms with Crippen molar-refractivity contribution in [1.82, 2.24) is 4.57 Å². The quantitative estimate of drug-likeness (QED) is 0.135. The summed E-state index contributed by atoms with van der Waals surface area (Å²) >= 11 is 0. The molecular weight excluding hydrogens is 583 g/mol. The fourth-order valence-corrected chi connectivity index (χ4v) is 12.9. The van der Waals surface area contributed by atoms with Gasteiger partial charge in [0.25, 0.3) is 0 Å². The maximum absolute atomic E-state index is 2.62. The summed E-state index contributed by atoms with van der Waals surface area (Å²) in [5.74, 6) is 0. The third-order valence-electron chi connectivity index (χ3n) is 10.3. The van der Waals surface area contributed by atoms with Crippen molar-refractivity contribution in [3.63, 3.8) is 0 Å². The van der Waals surface area contributed by atoms with Gasteiger partial charge in [0.1, 0.15) is 0 Å². The summed E-state index contributed by atoms with van der Waals surface area (Å²) in [6, 6.07) is 61.9. The zero-order chi connectivity index (χ0) is 31.5. The lowest BCUT2D eigenvalue weighted by molar-refractivity contribution is 1.17. The molecule has 7 aromatic carbocycles. The second-order valence-electron chi connectivity index (χ2n) is 13.1. The average Bonchev–Trinajstić information content (AvgIpc) is 3.64. The highest BCUT2D eigenvalue weighted by Crippen LogP contribution is 2.40. The van der Waals surface area contributed by atoms with Crippen LogP contribution in [0.15, 0.2) is 164 Å². The molecule has 224 valence electrons. The van der Waals surface area contributed by atoms with E-state index in [1.54, 1.807) is 0 Å². The van der Waals surface area contributed by atoms with Gasteiger partial charge in [-0.25, -0.2) is 0 Å². The molecule has 0 N–H and O–H groups in total. The molecule has 1 aromatic heterocycles. The summed E-state index contributed by atoms with van der Waals surface area (Å²) < 4.78 is 2.46. The maximum atomic E-state index is 2.54. The molecule has 0 aliphatic heterocycles. The molecule has 0 unspecified atom stereocenters. The minimum atomic E-state index is -2.62. The Morgan fingerprint density at radius 1 is 0.426 bits per heavy atom. The Labute approximate surface area is 277 Å². The largest absolute Gasteiger partial charge is 0.309 e. The van der Waals surface area contributed by atoms with E-state index < -0.39 is 8.07 Å². The van der Waals surface area contributed by atoms with Gasteiger partial charge in [-0.1, -0.05) is 139 Å². The Morgan fingerprint density at radius 2 is 0.894 bits per heavy atom. The lowest BCUT2D eigenvalue weighted by atomic mass is 10.0. The normalized spacial score (nSPS) is 12.4. The van der Waals surface area contributed by atoms with E-state index in [9.17, 15) is 0 Å². The molecule has 0 bridgehead atoms. The van der Waals surface area contributed by atoms with Gasteiger partial charge in [0.15, 0.2) is 8.07 Å². The van der Waals surface area contributed by atoms with Crippen LogP contribution >= 0.6 is 0 Å². The third-order valence-corrected chi connectivity index (χ3v) is 15.0. The van der Waals surface area contributed by atoms with Crippen LogP contribution in [-0.4, -0.2) is 12.6 Å². The molecule has 0 amide bonds. The van der Waals surface area contributed by atoms with Crippen LogP contribution in [0.3, 0.4) is 0 Å². The lowest BCUT2D eigenvalue weighted by Gasteiger charge is -2.34. The van der Waals surface area contributed by atoms with Gasteiger partial charge in [-0.2, -0.15) is 0 Å². The average molecular weight is 618 g/mol. The number of nitrogens with zero attached hydrogens (tertiary/aromatic N) is 1. The van der Waals surface area contributed by atoms with E-state index in [4.69, 9.17) is 0 Å². The Kier molecular flexibility index (Phi) is 6.41. The molecule has 47 heavy (non-hydrogen) atoms. The zero-order valence-electron chi connectivity index (χ0n) is 26.7. The Morgan fingerprint density at radius 3 is 1.40 bits per heavy atom. The van der Waals surface area contributed by atoms with Crippen LogP contribution in [0.1, 0.15) is 22.3 Å². The first-order valence-electron chi connectivity index (χ1n) is 16.6. The first-order valence-corrected chi connectivity index (χ1v) is 18.6. The van der Waals surface area contributed by atoms with E-state index in [1.165, 1.54) is 81.6 Å². The predicted molar refractivity (Wildman–Crippen MR) is 202 cm³/mol. The van der Waals surface area contributed by atoms with Crippen LogP contribution in [0.4, 0.5) is 0 Å². The van der Waals surface area contributed by atoms with Gasteiger partial charge in [0, 0.05) is 16.5 Å². The topological polar surface area (TPSA) is 4.93 Å². The van der Waals surface area contributed by atoms with Gasteiger partial charge in [0.05, 0.1) is 11.0 Å². The molecule has 1 aliphatic rings. The Bertz CT molecular complexity index is 2280. The minimum absolute atomic E-state index is 0.966. The molecule has 8 aromatic rings. The van der Waals surface area contributed by atoms with Crippen molar-refractivity contribution >= 4 is 50.6 Å². The fourth-order valence-electron chi connectivity index (χ4n) is 8.12. The van der Waals surface area contributed by atoms with E-state index >= 15 is 0 Å². The van der Waals surface area contributed by atoms with Crippen LogP contribution in [0.25, 0.3) is 38.6 Å². The Balaban J connectivity index is 1.28. The zero-order valence-corrected chi connectivity index (χ0v) is 27.7. The van der Waals surface area contributed by atoms with Crippen LogP contribution in [0.2, 0.25) is 0 Å². The molecule has 1 nitrogen and oxygen atoms in total. The molecule has 0 atom stereocenters. The van der Waals surface area contributed by atoms with Crippen molar-refractivity contribution < 1.29 is 0 Å². The second-order valence-corrected chi connectivity index (χ2v) is 16.9. The number of benzene rings is 7. The van der Waals surface area contributed by atoms with Crippen molar-refractivity contribution in [3.05, 3.63) is 186 Å². The number of hydrogen-bond acceptors (Lipinski definition) is 0. The van der Waals surface area contributed by atoms with Gasteiger partial charge in [-0.15, -0.1) is 0 Å². The highest BCUT2D eigenvalue weighted by molar-refractivity contribution is 7.19. The smallest absolute Gasteiger partial charge is 0.179 e. The summed E-state index contributed by atoms with van der Waals surface area (Å²) in [4.78, 5) is 0. The molecule has 0 fully saturated rings. The van der Waals surface area contributed by atoms with Crippen molar-refractivity contribution in [3.8, 4) is 16.8 Å². The number of rotatable bonds is 5. The summed E-state index contributed by atoms with van der Waals surface area (Å²) in [5.41, 5.74) is 11.8. The van der Waals surface area contributed by atoms with E-state index in [0.29, 0.717) is 0 Å². The lowest BCUT2D eigenvalue weighted by Crippen LogP contribution is -2.74. The SMILES string of the molecule is Cc1ccc2c(c1)c1cc(C)ccc1n2-c1ccc2c(c1)-c1cc([Si](c3ccccc3)(c3ccccc3)c3ccccc3)ccc1C2. The van der Waals surface area contributed by atoms with Crippen LogP contribution in [0, 0.1) is 13.8 Å². The van der Waals surface area contributed by atoms with Gasteiger partial charge in [-0.05, 0) is 99.7 Å². The van der Waals surface area contributed by atoms with Crippen molar-refractivity contribution in [2.45, 2.75) is 20.3 Å². The molecule has 2 heteroatoms. The van der Waals surface area contributed by atoms with E-state index in [2.05, 4.69) is 182 Å². The van der Waals surface area contributed by atoms with Gasteiger partial charge in [-0.3, -0.25) is 0 Å². The first kappa shape index (κ1) is 27.8. The van der Waals surface area contributed by atoms with Crippen molar-refractivity contribution in [2.75, 3.05) is 0 Å². The number of aryl methyl sites for hydroxylation is 2. The predicted octanol–water partition coefficient (Wildman–Crippen LogP) is 8.35. The molecule has 0 saturated carbocycles. The van der Waals surface area contributed by atoms with Gasteiger partial charge >= 0.3 is 0 Å². The van der Waals surface area contributed by atoms with Crippen molar-refractivity contribution in [2.24, 2.45) is 0 Å². The van der Waals surface area contributed by atoms with Crippen molar-refractivity contribution in [1.29, 1.82) is 0 Å². The maximum Gasteiger partial charge on any atom is 0.179 e. The van der Waals surface area contributed by atoms with Gasteiger partial charge < -0.3 is 4.57 Å². The second kappa shape index (κ2) is 10.8. The molecular formula is C45H35NSi. The van der Waals surface area contributed by atoms with E-state index in [-0.39, 0.29) is 0 Å². The van der Waals surface area contributed by atoms with Crippen LogP contribution < -0.4 is 20.7 Å². The van der Waals surface area contributed by atoms with Crippen LogP contribution in [-0.2, 0) is 6.42 Å². The third kappa shape index (κ3) is 4.29. The van der Waals surface area contributed by atoms with Crippen LogP contribution in [0.5, 0.6) is 0 Å². The molecule has 0 saturated heterocycles. The Hall–Kier alpha value is -5.44.